The van der Waals surface area contributed by atoms with Crippen molar-refractivity contribution in [2.24, 2.45) is 5.92 Å². The van der Waals surface area contributed by atoms with E-state index in [-0.39, 0.29) is 11.2 Å². The highest BCUT2D eigenvalue weighted by Gasteiger charge is 2.33. The molecule has 0 aromatic heterocycles. The highest BCUT2D eigenvalue weighted by atomic mass is 79.9. The van der Waals surface area contributed by atoms with Gasteiger partial charge in [-0.3, -0.25) is 0 Å². The van der Waals surface area contributed by atoms with Gasteiger partial charge >= 0.3 is 0 Å². The fraction of sp³-hybridized carbons (Fsp3) is 0.571. The molecule has 2 rings (SSSR count). The fourth-order valence-electron chi connectivity index (χ4n) is 2.85. The molecule has 0 aliphatic heterocycles. The summed E-state index contributed by atoms with van der Waals surface area (Å²) in [5.74, 6) is -0.0433. The van der Waals surface area contributed by atoms with E-state index >= 15 is 0 Å². The first-order chi connectivity index (χ1) is 9.29. The van der Waals surface area contributed by atoms with Gasteiger partial charge in [0.25, 0.3) is 0 Å². The largest absolute Gasteiger partial charge is 0.388 e. The maximum absolute atomic E-state index is 11.7. The number of benzene rings is 1. The molecule has 3 atom stereocenters. The van der Waals surface area contributed by atoms with Crippen molar-refractivity contribution in [2.75, 3.05) is 6.26 Å². The summed E-state index contributed by atoms with van der Waals surface area (Å²) in [5, 5.41) is 10.8. The van der Waals surface area contributed by atoms with E-state index in [2.05, 4.69) is 15.9 Å². The molecule has 1 aromatic rings. The number of halogens is 2. The third-order valence-corrected chi connectivity index (χ3v) is 6.59. The Morgan fingerprint density at radius 1 is 1.40 bits per heavy atom. The van der Waals surface area contributed by atoms with E-state index < -0.39 is 15.9 Å². The minimum atomic E-state index is -3.04. The molecular formula is C14H18BrClO3S. The van der Waals surface area contributed by atoms with Crippen molar-refractivity contribution in [3.63, 3.8) is 0 Å². The zero-order chi connectivity index (χ0) is 14.9. The van der Waals surface area contributed by atoms with Gasteiger partial charge in [-0.1, -0.05) is 34.0 Å². The summed E-state index contributed by atoms with van der Waals surface area (Å²) in [6, 6.07) is 5.29. The lowest BCUT2D eigenvalue weighted by atomic mass is 9.82. The van der Waals surface area contributed by atoms with Crippen LogP contribution in [0.25, 0.3) is 0 Å². The topological polar surface area (TPSA) is 54.4 Å². The van der Waals surface area contributed by atoms with Crippen LogP contribution in [0.15, 0.2) is 22.7 Å². The minimum Gasteiger partial charge on any atom is -0.388 e. The SMILES string of the molecule is CS(=O)(=O)C1CCCC(C(O)c2cc(Cl)ccc2Br)C1. The lowest BCUT2D eigenvalue weighted by Gasteiger charge is -2.31. The number of rotatable bonds is 3. The van der Waals surface area contributed by atoms with Crippen LogP contribution >= 0.6 is 27.5 Å². The Morgan fingerprint density at radius 2 is 2.10 bits per heavy atom. The molecule has 1 N–H and O–H groups in total. The van der Waals surface area contributed by atoms with Crippen molar-refractivity contribution in [1.82, 2.24) is 0 Å². The Labute approximate surface area is 133 Å². The second kappa shape index (κ2) is 6.34. The van der Waals surface area contributed by atoms with Gasteiger partial charge in [-0.15, -0.1) is 0 Å². The zero-order valence-corrected chi connectivity index (χ0v) is 14.4. The van der Waals surface area contributed by atoms with E-state index in [1.54, 1.807) is 18.2 Å². The molecule has 1 aliphatic rings. The molecule has 20 heavy (non-hydrogen) atoms. The Hall–Kier alpha value is -0.100. The minimum absolute atomic E-state index is 0.0433. The van der Waals surface area contributed by atoms with Crippen LogP contribution in [0.3, 0.4) is 0 Å². The summed E-state index contributed by atoms with van der Waals surface area (Å²) in [7, 11) is -3.04. The molecule has 0 amide bonds. The Kier molecular flexibility index (Phi) is 5.16. The molecule has 1 aliphatic carbocycles. The van der Waals surface area contributed by atoms with Crippen LogP contribution in [0.1, 0.15) is 37.4 Å². The van der Waals surface area contributed by atoms with Gasteiger partial charge in [-0.05, 0) is 48.9 Å². The second-order valence-corrected chi connectivity index (χ2v) is 9.11. The van der Waals surface area contributed by atoms with Gasteiger partial charge in [0.2, 0.25) is 0 Å². The van der Waals surface area contributed by atoms with Gasteiger partial charge in [0.15, 0.2) is 0 Å². The van der Waals surface area contributed by atoms with Crippen LogP contribution in [0, 0.1) is 5.92 Å². The highest BCUT2D eigenvalue weighted by Crippen LogP contribution is 2.39. The Bertz CT molecular complexity index is 588. The first-order valence-corrected chi connectivity index (χ1v) is 9.73. The summed E-state index contributed by atoms with van der Waals surface area (Å²) in [6.45, 7) is 0. The normalized spacial score (nSPS) is 25.4. The predicted molar refractivity (Wildman–Crippen MR) is 84.7 cm³/mol. The molecule has 1 fully saturated rings. The van der Waals surface area contributed by atoms with E-state index in [1.165, 1.54) is 6.26 Å². The molecule has 0 heterocycles. The summed E-state index contributed by atoms with van der Waals surface area (Å²) in [5.41, 5.74) is 0.733. The molecular weight excluding hydrogens is 364 g/mol. The van der Waals surface area contributed by atoms with Crippen molar-refractivity contribution in [2.45, 2.75) is 37.0 Å². The van der Waals surface area contributed by atoms with E-state index in [9.17, 15) is 13.5 Å². The lowest BCUT2D eigenvalue weighted by molar-refractivity contribution is 0.0851. The standard InChI is InChI=1S/C14H18BrClO3S/c1-20(18,19)11-4-2-3-9(7-11)14(17)12-8-10(16)5-6-13(12)15/h5-6,8-9,11,14,17H,2-4,7H2,1H3. The smallest absolute Gasteiger partial charge is 0.150 e. The summed E-state index contributed by atoms with van der Waals surface area (Å²) >= 11 is 9.39. The van der Waals surface area contributed by atoms with Crippen LogP contribution in [0.4, 0.5) is 0 Å². The van der Waals surface area contributed by atoms with Crippen LogP contribution in [0.5, 0.6) is 0 Å². The number of aliphatic hydroxyl groups excluding tert-OH is 1. The van der Waals surface area contributed by atoms with Gasteiger partial charge in [0, 0.05) is 15.8 Å². The maximum Gasteiger partial charge on any atom is 0.150 e. The molecule has 3 nitrogen and oxygen atoms in total. The molecule has 0 radical (unpaired) electrons. The summed E-state index contributed by atoms with van der Waals surface area (Å²) < 4.78 is 24.2. The van der Waals surface area contributed by atoms with E-state index in [1.807, 2.05) is 0 Å². The van der Waals surface area contributed by atoms with Crippen LogP contribution < -0.4 is 0 Å². The van der Waals surface area contributed by atoms with Crippen molar-refractivity contribution in [3.8, 4) is 0 Å². The molecule has 0 bridgehead atoms. The summed E-state index contributed by atoms with van der Waals surface area (Å²) in [6.07, 6.45) is 3.47. The fourth-order valence-corrected chi connectivity index (χ4v) is 4.71. The Morgan fingerprint density at radius 3 is 2.75 bits per heavy atom. The average molecular weight is 382 g/mol. The monoisotopic (exact) mass is 380 g/mol. The van der Waals surface area contributed by atoms with Gasteiger partial charge in [0.05, 0.1) is 11.4 Å². The highest BCUT2D eigenvalue weighted by molar-refractivity contribution is 9.10. The van der Waals surface area contributed by atoms with Crippen molar-refractivity contribution >= 4 is 37.4 Å². The third kappa shape index (κ3) is 3.75. The average Bonchev–Trinajstić information content (AvgIpc) is 2.40. The van der Waals surface area contributed by atoms with Crippen molar-refractivity contribution in [3.05, 3.63) is 33.3 Å². The first-order valence-electron chi connectivity index (χ1n) is 6.61. The molecule has 1 saturated carbocycles. The number of hydrogen-bond acceptors (Lipinski definition) is 3. The molecule has 1 aromatic carbocycles. The number of hydrogen-bond donors (Lipinski definition) is 1. The molecule has 0 saturated heterocycles. The molecule has 112 valence electrons. The first kappa shape index (κ1) is 16.3. The van der Waals surface area contributed by atoms with Crippen LogP contribution in [-0.2, 0) is 9.84 Å². The van der Waals surface area contributed by atoms with E-state index in [4.69, 9.17) is 11.6 Å². The lowest BCUT2D eigenvalue weighted by Crippen LogP contribution is -2.30. The van der Waals surface area contributed by atoms with Gasteiger partial charge < -0.3 is 5.11 Å². The number of aliphatic hydroxyl groups is 1. The van der Waals surface area contributed by atoms with Gasteiger partial charge in [-0.2, -0.15) is 0 Å². The third-order valence-electron chi connectivity index (χ3n) is 4.00. The van der Waals surface area contributed by atoms with Gasteiger partial charge in [0.1, 0.15) is 9.84 Å². The van der Waals surface area contributed by atoms with Crippen LogP contribution in [-0.4, -0.2) is 25.0 Å². The van der Waals surface area contributed by atoms with Crippen molar-refractivity contribution in [1.29, 1.82) is 0 Å². The summed E-state index contributed by atoms with van der Waals surface area (Å²) in [4.78, 5) is 0. The quantitative estimate of drug-likeness (QED) is 0.867. The zero-order valence-electron chi connectivity index (χ0n) is 11.2. The Balaban J connectivity index is 2.20. The number of sulfone groups is 1. The van der Waals surface area contributed by atoms with Gasteiger partial charge in [-0.25, -0.2) is 8.42 Å². The van der Waals surface area contributed by atoms with Crippen LogP contribution in [0.2, 0.25) is 5.02 Å². The van der Waals surface area contributed by atoms with E-state index in [0.717, 1.165) is 22.9 Å². The maximum atomic E-state index is 11.7. The van der Waals surface area contributed by atoms with E-state index in [0.29, 0.717) is 17.9 Å². The van der Waals surface area contributed by atoms with Crippen molar-refractivity contribution < 1.29 is 13.5 Å². The predicted octanol–water partition coefficient (Wildman–Crippen LogP) is 3.74. The molecule has 6 heteroatoms. The second-order valence-electron chi connectivity index (χ2n) is 5.49. The molecule has 0 spiro atoms. The molecule has 3 unspecified atom stereocenters.